The van der Waals surface area contributed by atoms with E-state index in [0.29, 0.717) is 12.1 Å². The first kappa shape index (κ1) is 14.3. The van der Waals surface area contributed by atoms with Crippen molar-refractivity contribution in [3.8, 4) is 0 Å². The maximum absolute atomic E-state index is 13.3. The molecule has 2 atom stereocenters. The third kappa shape index (κ3) is 2.90. The number of benzene rings is 1. The van der Waals surface area contributed by atoms with Crippen LogP contribution in [0.15, 0.2) is 18.2 Å². The van der Waals surface area contributed by atoms with Crippen molar-refractivity contribution in [1.29, 1.82) is 0 Å². The van der Waals surface area contributed by atoms with Gasteiger partial charge in [-0.05, 0) is 32.4 Å². The van der Waals surface area contributed by atoms with Gasteiger partial charge in [-0.3, -0.25) is 0 Å². The predicted molar refractivity (Wildman–Crippen MR) is 75.2 cm³/mol. The van der Waals surface area contributed by atoms with Crippen molar-refractivity contribution in [1.82, 2.24) is 9.55 Å². The van der Waals surface area contributed by atoms with E-state index >= 15 is 0 Å². The summed E-state index contributed by atoms with van der Waals surface area (Å²) in [5.74, 6) is 0.487. The predicted octanol–water partition coefficient (Wildman–Crippen LogP) is 4.07. The number of imidazole rings is 1. The molecule has 0 N–H and O–H groups in total. The highest BCUT2D eigenvalue weighted by Gasteiger charge is 2.19. The Labute approximate surface area is 117 Å². The summed E-state index contributed by atoms with van der Waals surface area (Å²) in [5, 5.41) is -0.222. The standard InChI is InChI=1S/C14H18ClFN2O/c1-9(6-7-19-3)18-13-5-4-11(16)8-12(13)17-14(18)10(2)15/h4-5,8-10H,6-7H2,1-3H3. The Hall–Kier alpha value is -1.13. The molecule has 5 heteroatoms. The lowest BCUT2D eigenvalue weighted by Gasteiger charge is -2.18. The normalized spacial score (nSPS) is 14.8. The largest absolute Gasteiger partial charge is 0.385 e. The summed E-state index contributed by atoms with van der Waals surface area (Å²) in [7, 11) is 1.68. The Kier molecular flexibility index (Phi) is 4.42. The van der Waals surface area contributed by atoms with Crippen LogP contribution in [0.1, 0.15) is 37.5 Å². The molecule has 0 saturated carbocycles. The summed E-state index contributed by atoms with van der Waals surface area (Å²) in [6.07, 6.45) is 0.857. The number of fused-ring (bicyclic) bond motifs is 1. The minimum atomic E-state index is -0.282. The van der Waals surface area contributed by atoms with Crippen molar-refractivity contribution >= 4 is 22.6 Å². The maximum atomic E-state index is 13.3. The number of rotatable bonds is 5. The van der Waals surface area contributed by atoms with Gasteiger partial charge in [-0.2, -0.15) is 0 Å². The van der Waals surface area contributed by atoms with Gasteiger partial charge in [0.1, 0.15) is 11.6 Å². The van der Waals surface area contributed by atoms with Gasteiger partial charge in [0, 0.05) is 25.8 Å². The van der Waals surface area contributed by atoms with Gasteiger partial charge in [0.25, 0.3) is 0 Å². The number of halogens is 2. The average molecular weight is 285 g/mol. The molecule has 2 rings (SSSR count). The molecule has 0 saturated heterocycles. The van der Waals surface area contributed by atoms with Crippen LogP contribution in [-0.4, -0.2) is 23.3 Å². The van der Waals surface area contributed by atoms with Crippen LogP contribution in [0.2, 0.25) is 0 Å². The number of ether oxygens (including phenoxy) is 1. The van der Waals surface area contributed by atoms with E-state index in [0.717, 1.165) is 17.8 Å². The zero-order valence-corrected chi connectivity index (χ0v) is 12.1. The maximum Gasteiger partial charge on any atom is 0.127 e. The van der Waals surface area contributed by atoms with Crippen LogP contribution in [0.5, 0.6) is 0 Å². The van der Waals surface area contributed by atoms with E-state index in [-0.39, 0.29) is 17.2 Å². The minimum Gasteiger partial charge on any atom is -0.385 e. The van der Waals surface area contributed by atoms with E-state index in [1.807, 2.05) is 6.92 Å². The average Bonchev–Trinajstić information content (AvgIpc) is 2.74. The number of alkyl halides is 1. The van der Waals surface area contributed by atoms with Crippen LogP contribution in [0.25, 0.3) is 11.0 Å². The van der Waals surface area contributed by atoms with Gasteiger partial charge < -0.3 is 9.30 Å². The van der Waals surface area contributed by atoms with E-state index in [9.17, 15) is 4.39 Å². The number of hydrogen-bond acceptors (Lipinski definition) is 2. The molecule has 1 heterocycles. The molecule has 1 aromatic carbocycles. The minimum absolute atomic E-state index is 0.201. The first-order valence-corrected chi connectivity index (χ1v) is 6.78. The zero-order chi connectivity index (χ0) is 14.0. The zero-order valence-electron chi connectivity index (χ0n) is 11.4. The molecule has 19 heavy (non-hydrogen) atoms. The molecule has 104 valence electrons. The summed E-state index contributed by atoms with van der Waals surface area (Å²) in [5.41, 5.74) is 1.55. The number of aromatic nitrogens is 2. The second-order valence-electron chi connectivity index (χ2n) is 4.72. The van der Waals surface area contributed by atoms with Gasteiger partial charge in [0.15, 0.2) is 0 Å². The molecule has 3 nitrogen and oxygen atoms in total. The molecule has 0 aliphatic heterocycles. The Morgan fingerprint density at radius 2 is 2.16 bits per heavy atom. The molecule has 2 aromatic rings. The van der Waals surface area contributed by atoms with Gasteiger partial charge >= 0.3 is 0 Å². The Morgan fingerprint density at radius 3 is 2.79 bits per heavy atom. The van der Waals surface area contributed by atoms with Crippen molar-refractivity contribution in [3.63, 3.8) is 0 Å². The summed E-state index contributed by atoms with van der Waals surface area (Å²) in [4.78, 5) is 4.45. The summed E-state index contributed by atoms with van der Waals surface area (Å²) in [6.45, 7) is 4.63. The van der Waals surface area contributed by atoms with Crippen LogP contribution in [-0.2, 0) is 4.74 Å². The molecule has 0 amide bonds. The van der Waals surface area contributed by atoms with Crippen molar-refractivity contribution in [2.75, 3.05) is 13.7 Å². The molecule has 0 aliphatic rings. The monoisotopic (exact) mass is 284 g/mol. The van der Waals surface area contributed by atoms with E-state index < -0.39 is 0 Å². The van der Waals surface area contributed by atoms with Gasteiger partial charge in [0.2, 0.25) is 0 Å². The quantitative estimate of drug-likeness (QED) is 0.774. The SMILES string of the molecule is COCCC(C)n1c(C(C)Cl)nc2cc(F)ccc21. The van der Waals surface area contributed by atoms with E-state index in [1.54, 1.807) is 13.2 Å². The highest BCUT2D eigenvalue weighted by molar-refractivity contribution is 6.20. The highest BCUT2D eigenvalue weighted by Crippen LogP contribution is 2.29. The molecular weight excluding hydrogens is 267 g/mol. The van der Waals surface area contributed by atoms with Crippen LogP contribution in [0.3, 0.4) is 0 Å². The number of nitrogens with zero attached hydrogens (tertiary/aromatic N) is 2. The van der Waals surface area contributed by atoms with Crippen molar-refractivity contribution in [2.24, 2.45) is 0 Å². The summed E-state index contributed by atoms with van der Waals surface area (Å²) >= 11 is 6.19. The first-order chi connectivity index (χ1) is 9.04. The fourth-order valence-corrected chi connectivity index (χ4v) is 2.41. The Morgan fingerprint density at radius 1 is 1.42 bits per heavy atom. The first-order valence-electron chi connectivity index (χ1n) is 6.35. The fraction of sp³-hybridized carbons (Fsp3) is 0.500. The second-order valence-corrected chi connectivity index (χ2v) is 5.37. The summed E-state index contributed by atoms with van der Waals surface area (Å²) in [6, 6.07) is 4.85. The van der Waals surface area contributed by atoms with Gasteiger partial charge in [-0.15, -0.1) is 11.6 Å². The smallest absolute Gasteiger partial charge is 0.127 e. The topological polar surface area (TPSA) is 27.1 Å². The molecule has 0 radical (unpaired) electrons. The molecular formula is C14H18ClFN2O. The van der Waals surface area contributed by atoms with Crippen LogP contribution in [0, 0.1) is 5.82 Å². The van der Waals surface area contributed by atoms with Crippen molar-refractivity contribution in [3.05, 3.63) is 29.8 Å². The van der Waals surface area contributed by atoms with Gasteiger partial charge in [-0.25, -0.2) is 9.37 Å². The van der Waals surface area contributed by atoms with E-state index in [2.05, 4.69) is 16.5 Å². The van der Waals surface area contributed by atoms with Gasteiger partial charge in [0.05, 0.1) is 16.4 Å². The van der Waals surface area contributed by atoms with E-state index in [4.69, 9.17) is 16.3 Å². The molecule has 0 aliphatic carbocycles. The fourth-order valence-electron chi connectivity index (χ4n) is 2.25. The highest BCUT2D eigenvalue weighted by atomic mass is 35.5. The lowest BCUT2D eigenvalue weighted by atomic mass is 10.2. The number of methoxy groups -OCH3 is 1. The van der Waals surface area contributed by atoms with E-state index in [1.165, 1.54) is 12.1 Å². The molecule has 0 bridgehead atoms. The summed E-state index contributed by atoms with van der Waals surface area (Å²) < 4.78 is 20.5. The van der Waals surface area contributed by atoms with Crippen molar-refractivity contribution < 1.29 is 9.13 Å². The van der Waals surface area contributed by atoms with Crippen LogP contribution in [0.4, 0.5) is 4.39 Å². The molecule has 0 spiro atoms. The second kappa shape index (κ2) is 5.88. The van der Waals surface area contributed by atoms with Crippen molar-refractivity contribution in [2.45, 2.75) is 31.7 Å². The third-order valence-electron chi connectivity index (χ3n) is 3.22. The Balaban J connectivity index is 2.51. The lowest BCUT2D eigenvalue weighted by Crippen LogP contribution is -2.11. The molecule has 2 unspecified atom stereocenters. The molecule has 1 aromatic heterocycles. The van der Waals surface area contributed by atoms with Crippen LogP contribution >= 0.6 is 11.6 Å². The Bertz CT molecular complexity index is 568. The molecule has 0 fully saturated rings. The van der Waals surface area contributed by atoms with Crippen LogP contribution < -0.4 is 0 Å². The number of hydrogen-bond donors (Lipinski definition) is 0. The third-order valence-corrected chi connectivity index (χ3v) is 3.41. The van der Waals surface area contributed by atoms with Gasteiger partial charge in [-0.1, -0.05) is 0 Å². The lowest BCUT2D eigenvalue weighted by molar-refractivity contribution is 0.181.